The van der Waals surface area contributed by atoms with Crippen LogP contribution >= 0.6 is 0 Å². The first kappa shape index (κ1) is 14.6. The largest absolute Gasteiger partial charge is 0.497 e. The molecule has 0 aliphatic heterocycles. The van der Waals surface area contributed by atoms with Gasteiger partial charge in [-0.2, -0.15) is 0 Å². The summed E-state index contributed by atoms with van der Waals surface area (Å²) in [6.07, 6.45) is 15.0. The van der Waals surface area contributed by atoms with E-state index in [1.807, 2.05) is 12.1 Å². The van der Waals surface area contributed by atoms with Gasteiger partial charge in [0.1, 0.15) is 5.75 Å². The van der Waals surface area contributed by atoms with Crippen molar-refractivity contribution >= 4 is 6.08 Å². The van der Waals surface area contributed by atoms with Gasteiger partial charge in [-0.05, 0) is 49.8 Å². The van der Waals surface area contributed by atoms with Crippen LogP contribution in [-0.2, 0) is 0 Å². The minimum Gasteiger partial charge on any atom is -0.497 e. The second-order valence-electron chi connectivity index (χ2n) is 4.34. The van der Waals surface area contributed by atoms with Crippen LogP contribution in [0.5, 0.6) is 5.75 Å². The Kier molecular flexibility index (Phi) is 7.70. The summed E-state index contributed by atoms with van der Waals surface area (Å²) in [6.45, 7) is 2.17. The molecule has 1 aromatic rings. The van der Waals surface area contributed by atoms with E-state index in [-0.39, 0.29) is 0 Å². The van der Waals surface area contributed by atoms with Crippen LogP contribution in [0.3, 0.4) is 0 Å². The molecular weight excluding hydrogens is 220 g/mol. The van der Waals surface area contributed by atoms with E-state index >= 15 is 0 Å². The molecule has 0 spiro atoms. The minimum atomic E-state index is 0.912. The molecule has 0 fully saturated rings. The number of hydrogen-bond donors (Lipinski definition) is 0. The van der Waals surface area contributed by atoms with E-state index in [0.29, 0.717) is 0 Å². The summed E-state index contributed by atoms with van der Waals surface area (Å²) in [5.74, 6) is 0.912. The van der Waals surface area contributed by atoms with Gasteiger partial charge in [0.2, 0.25) is 0 Å². The number of unbranched alkanes of at least 4 members (excludes halogenated alkanes) is 3. The lowest BCUT2D eigenvalue weighted by Crippen LogP contribution is -1.81. The van der Waals surface area contributed by atoms with Crippen LogP contribution in [0.1, 0.15) is 44.6 Å². The van der Waals surface area contributed by atoms with Crippen molar-refractivity contribution in [1.82, 2.24) is 0 Å². The first-order chi connectivity index (χ1) is 8.86. The first-order valence-electron chi connectivity index (χ1n) is 6.82. The average Bonchev–Trinajstić information content (AvgIpc) is 2.42. The first-order valence-corrected chi connectivity index (χ1v) is 6.82. The highest BCUT2D eigenvalue weighted by molar-refractivity contribution is 5.50. The fraction of sp³-hybridized carbons (Fsp3) is 0.412. The number of methoxy groups -OCH3 is 1. The van der Waals surface area contributed by atoms with Gasteiger partial charge in [0.25, 0.3) is 0 Å². The second kappa shape index (κ2) is 9.52. The second-order valence-corrected chi connectivity index (χ2v) is 4.34. The Balaban J connectivity index is 2.17. The van der Waals surface area contributed by atoms with Crippen molar-refractivity contribution in [3.8, 4) is 5.75 Å². The molecule has 0 radical (unpaired) electrons. The molecule has 0 amide bonds. The SMILES string of the molecule is CC/C=C\CCCCC=Cc1ccc(OC)cc1. The van der Waals surface area contributed by atoms with Crippen LogP contribution in [0.25, 0.3) is 6.08 Å². The number of ether oxygens (including phenoxy) is 1. The van der Waals surface area contributed by atoms with E-state index in [0.717, 1.165) is 18.6 Å². The third kappa shape index (κ3) is 6.29. The van der Waals surface area contributed by atoms with E-state index in [2.05, 4.69) is 43.4 Å². The molecular formula is C17H24O. The van der Waals surface area contributed by atoms with Gasteiger partial charge in [0, 0.05) is 0 Å². The smallest absolute Gasteiger partial charge is 0.118 e. The maximum atomic E-state index is 5.13. The Bertz CT molecular complexity index is 360. The molecule has 0 aliphatic carbocycles. The van der Waals surface area contributed by atoms with Gasteiger partial charge in [0.15, 0.2) is 0 Å². The molecule has 0 saturated carbocycles. The molecule has 0 saturated heterocycles. The van der Waals surface area contributed by atoms with Gasteiger partial charge in [0.05, 0.1) is 7.11 Å². The topological polar surface area (TPSA) is 9.23 Å². The molecule has 1 aromatic carbocycles. The van der Waals surface area contributed by atoms with Crippen molar-refractivity contribution in [1.29, 1.82) is 0 Å². The van der Waals surface area contributed by atoms with Gasteiger partial charge in [-0.15, -0.1) is 0 Å². The minimum absolute atomic E-state index is 0.912. The van der Waals surface area contributed by atoms with Crippen molar-refractivity contribution in [3.05, 3.63) is 48.1 Å². The number of hydrogen-bond acceptors (Lipinski definition) is 1. The molecule has 0 aliphatic rings. The summed E-state index contributed by atoms with van der Waals surface area (Å²) in [6, 6.07) is 8.16. The summed E-state index contributed by atoms with van der Waals surface area (Å²) in [5.41, 5.74) is 1.24. The van der Waals surface area contributed by atoms with E-state index in [1.165, 1.54) is 24.8 Å². The van der Waals surface area contributed by atoms with Crippen LogP contribution in [-0.4, -0.2) is 7.11 Å². The molecule has 1 rings (SSSR count). The fourth-order valence-electron chi connectivity index (χ4n) is 1.74. The predicted octanol–water partition coefficient (Wildman–Crippen LogP) is 5.24. The van der Waals surface area contributed by atoms with E-state index in [4.69, 9.17) is 4.74 Å². The zero-order chi connectivity index (χ0) is 13.1. The number of benzene rings is 1. The zero-order valence-electron chi connectivity index (χ0n) is 11.6. The summed E-state index contributed by atoms with van der Waals surface area (Å²) in [4.78, 5) is 0. The molecule has 0 N–H and O–H groups in total. The highest BCUT2D eigenvalue weighted by Gasteiger charge is 1.89. The average molecular weight is 244 g/mol. The molecule has 1 heteroatoms. The maximum Gasteiger partial charge on any atom is 0.118 e. The highest BCUT2D eigenvalue weighted by Crippen LogP contribution is 2.13. The normalized spacial score (nSPS) is 11.4. The van der Waals surface area contributed by atoms with Gasteiger partial charge in [-0.1, -0.05) is 43.4 Å². The summed E-state index contributed by atoms with van der Waals surface area (Å²) in [5, 5.41) is 0. The van der Waals surface area contributed by atoms with Crippen LogP contribution in [0, 0.1) is 0 Å². The van der Waals surface area contributed by atoms with Gasteiger partial charge >= 0.3 is 0 Å². The molecule has 1 nitrogen and oxygen atoms in total. The standard InChI is InChI=1S/C17H24O/c1-3-4-5-6-7-8-9-10-11-16-12-14-17(18-2)15-13-16/h4-5,10-15H,3,6-9H2,1-2H3/b5-4-,11-10?. The Morgan fingerprint density at radius 1 is 0.944 bits per heavy atom. The van der Waals surface area contributed by atoms with Crippen LogP contribution in [0.4, 0.5) is 0 Å². The Hall–Kier alpha value is -1.50. The molecule has 0 bridgehead atoms. The van der Waals surface area contributed by atoms with E-state index < -0.39 is 0 Å². The van der Waals surface area contributed by atoms with Gasteiger partial charge in [-0.3, -0.25) is 0 Å². The van der Waals surface area contributed by atoms with Crippen molar-refractivity contribution in [2.75, 3.05) is 7.11 Å². The lowest BCUT2D eigenvalue weighted by atomic mass is 10.1. The third-order valence-electron chi connectivity index (χ3n) is 2.82. The fourth-order valence-corrected chi connectivity index (χ4v) is 1.74. The lowest BCUT2D eigenvalue weighted by Gasteiger charge is -1.99. The predicted molar refractivity (Wildman–Crippen MR) is 79.9 cm³/mol. The number of rotatable bonds is 8. The van der Waals surface area contributed by atoms with Crippen molar-refractivity contribution in [3.63, 3.8) is 0 Å². The summed E-state index contributed by atoms with van der Waals surface area (Å²) >= 11 is 0. The molecule has 98 valence electrons. The third-order valence-corrected chi connectivity index (χ3v) is 2.82. The lowest BCUT2D eigenvalue weighted by molar-refractivity contribution is 0.415. The van der Waals surface area contributed by atoms with Gasteiger partial charge in [-0.25, -0.2) is 0 Å². The van der Waals surface area contributed by atoms with E-state index in [9.17, 15) is 0 Å². The quantitative estimate of drug-likeness (QED) is 0.449. The van der Waals surface area contributed by atoms with Crippen LogP contribution in [0.2, 0.25) is 0 Å². The Labute approximate surface area is 111 Å². The van der Waals surface area contributed by atoms with Crippen molar-refractivity contribution in [2.24, 2.45) is 0 Å². The number of allylic oxidation sites excluding steroid dienone is 3. The Morgan fingerprint density at radius 3 is 2.22 bits per heavy atom. The molecule has 0 heterocycles. The van der Waals surface area contributed by atoms with Crippen molar-refractivity contribution < 1.29 is 4.74 Å². The highest BCUT2D eigenvalue weighted by atomic mass is 16.5. The van der Waals surface area contributed by atoms with Gasteiger partial charge < -0.3 is 4.74 Å². The molecule has 18 heavy (non-hydrogen) atoms. The monoisotopic (exact) mass is 244 g/mol. The summed E-state index contributed by atoms with van der Waals surface area (Å²) < 4.78 is 5.13. The summed E-state index contributed by atoms with van der Waals surface area (Å²) in [7, 11) is 1.69. The van der Waals surface area contributed by atoms with Crippen LogP contribution in [0.15, 0.2) is 42.5 Å². The van der Waals surface area contributed by atoms with Crippen LogP contribution < -0.4 is 4.74 Å². The Morgan fingerprint density at radius 2 is 1.61 bits per heavy atom. The maximum absolute atomic E-state index is 5.13. The van der Waals surface area contributed by atoms with E-state index in [1.54, 1.807) is 7.11 Å². The zero-order valence-corrected chi connectivity index (χ0v) is 11.6. The molecule has 0 atom stereocenters. The molecule has 0 unspecified atom stereocenters. The van der Waals surface area contributed by atoms with Crippen molar-refractivity contribution in [2.45, 2.75) is 39.0 Å². The molecule has 0 aromatic heterocycles.